The minimum Gasteiger partial charge on any atom is -0.309 e. The molecule has 0 radical (unpaired) electrons. The first-order chi connectivity index (χ1) is 28.1. The summed E-state index contributed by atoms with van der Waals surface area (Å²) in [5.74, 6) is 0. The van der Waals surface area contributed by atoms with E-state index >= 15 is 0 Å². The zero-order valence-corrected chi connectivity index (χ0v) is 29.3. The number of fused-ring (bicyclic) bond motifs is 9. The Labute approximate surface area is 315 Å². The molecule has 0 saturated carbocycles. The topological polar surface area (TPSA) is 9.86 Å². The standard InChI is InChI=1S/C51H36N2/c1-51(2)44-27-26-37(32-43(44)50-38(20-13-21-45(50)51)33-14-5-3-6-15-33)53-47-23-12-10-19-40(47)42-31-35(25-29-49(42)53)34-24-28-48-41(30-34)39-18-9-11-22-46(39)52(48)36-16-7-4-8-17-36/h3-32H,1-2H3/i3D,5D,6D,14D,15D. The van der Waals surface area contributed by atoms with Crippen LogP contribution in [-0.2, 0) is 5.41 Å². The van der Waals surface area contributed by atoms with Gasteiger partial charge in [-0.3, -0.25) is 0 Å². The van der Waals surface area contributed by atoms with Crippen molar-refractivity contribution in [3.8, 4) is 44.8 Å². The lowest BCUT2D eigenvalue weighted by atomic mass is 9.82. The average molecular weight is 682 g/mol. The van der Waals surface area contributed by atoms with Crippen LogP contribution in [-0.4, -0.2) is 9.13 Å². The van der Waals surface area contributed by atoms with E-state index in [1.807, 2.05) is 12.1 Å². The summed E-state index contributed by atoms with van der Waals surface area (Å²) < 4.78 is 47.5. The first-order valence-electron chi connectivity index (χ1n) is 20.6. The molecule has 2 heteroatoms. The van der Waals surface area contributed by atoms with Crippen molar-refractivity contribution in [1.82, 2.24) is 9.13 Å². The molecule has 0 unspecified atom stereocenters. The van der Waals surface area contributed by atoms with Gasteiger partial charge in [-0.15, -0.1) is 0 Å². The van der Waals surface area contributed by atoms with Gasteiger partial charge in [0.1, 0.15) is 0 Å². The number of aromatic nitrogens is 2. The lowest BCUT2D eigenvalue weighted by Crippen LogP contribution is -2.15. The predicted molar refractivity (Wildman–Crippen MR) is 224 cm³/mol. The Kier molecular flexibility index (Phi) is 5.34. The van der Waals surface area contributed by atoms with Gasteiger partial charge in [0.15, 0.2) is 0 Å². The number of para-hydroxylation sites is 3. The minimum absolute atomic E-state index is 0.193. The molecule has 0 spiro atoms. The summed E-state index contributed by atoms with van der Waals surface area (Å²) in [4.78, 5) is 0. The van der Waals surface area contributed by atoms with E-state index in [1.165, 1.54) is 21.8 Å². The van der Waals surface area contributed by atoms with E-state index in [0.717, 1.165) is 66.6 Å². The zero-order valence-electron chi connectivity index (χ0n) is 34.3. The highest BCUT2D eigenvalue weighted by Crippen LogP contribution is 2.53. The second-order valence-electron chi connectivity index (χ2n) is 14.6. The van der Waals surface area contributed by atoms with Gasteiger partial charge in [-0.05, 0) is 105 Å². The van der Waals surface area contributed by atoms with Gasteiger partial charge in [-0.25, -0.2) is 0 Å². The third-order valence-electron chi connectivity index (χ3n) is 11.4. The molecule has 0 bridgehead atoms. The van der Waals surface area contributed by atoms with Gasteiger partial charge < -0.3 is 9.13 Å². The molecular formula is C51H36N2. The maximum atomic E-state index is 8.87. The summed E-state index contributed by atoms with van der Waals surface area (Å²) in [5, 5.41) is 4.74. The van der Waals surface area contributed by atoms with E-state index in [1.54, 1.807) is 0 Å². The smallest absolute Gasteiger partial charge is 0.0629 e. The number of benzene rings is 8. The Hall–Kier alpha value is -6.64. The van der Waals surface area contributed by atoms with Crippen molar-refractivity contribution in [2.75, 3.05) is 0 Å². The summed E-state index contributed by atoms with van der Waals surface area (Å²) >= 11 is 0. The monoisotopic (exact) mass is 681 g/mol. The molecule has 11 rings (SSSR count). The molecule has 1 aliphatic rings. The molecule has 53 heavy (non-hydrogen) atoms. The van der Waals surface area contributed by atoms with Crippen LogP contribution in [0.3, 0.4) is 0 Å². The van der Waals surface area contributed by atoms with Crippen LogP contribution < -0.4 is 0 Å². The lowest BCUT2D eigenvalue weighted by Gasteiger charge is -2.22. The molecule has 10 aromatic rings. The molecule has 8 aromatic carbocycles. The van der Waals surface area contributed by atoms with Crippen LogP contribution in [0.5, 0.6) is 0 Å². The molecule has 2 heterocycles. The van der Waals surface area contributed by atoms with Crippen molar-refractivity contribution in [2.24, 2.45) is 0 Å². The second-order valence-corrected chi connectivity index (χ2v) is 14.6. The third kappa shape index (κ3) is 4.33. The highest BCUT2D eigenvalue weighted by atomic mass is 15.0. The molecule has 2 nitrogen and oxygen atoms in total. The summed E-state index contributed by atoms with van der Waals surface area (Å²) in [6.45, 7) is 4.39. The Morgan fingerprint density at radius 2 is 1.00 bits per heavy atom. The second kappa shape index (κ2) is 11.2. The maximum absolute atomic E-state index is 8.87. The van der Waals surface area contributed by atoms with Gasteiger partial charge in [0.05, 0.1) is 28.9 Å². The van der Waals surface area contributed by atoms with Crippen molar-refractivity contribution < 1.29 is 6.85 Å². The molecule has 250 valence electrons. The molecule has 0 fully saturated rings. The van der Waals surface area contributed by atoms with Crippen molar-refractivity contribution in [3.63, 3.8) is 0 Å². The van der Waals surface area contributed by atoms with Gasteiger partial charge in [0.2, 0.25) is 0 Å². The number of hydrogen-bond acceptors (Lipinski definition) is 0. The Bertz CT molecular complexity index is 3340. The SMILES string of the molecule is [2H]c1c([2H])c([2H])c(-c2cccc3c2-c2cc(-n4c5ccccc5c5cc(-c6ccc7c(c6)c6ccccc6n7-c6ccccc6)ccc54)ccc2C3(C)C)c([2H])c1[2H]. The molecule has 2 aromatic heterocycles. The van der Waals surface area contributed by atoms with Crippen LogP contribution in [0.25, 0.3) is 88.4 Å². The van der Waals surface area contributed by atoms with E-state index in [9.17, 15) is 0 Å². The van der Waals surface area contributed by atoms with Gasteiger partial charge in [0, 0.05) is 38.3 Å². The number of rotatable bonds is 4. The third-order valence-corrected chi connectivity index (χ3v) is 11.4. The van der Waals surface area contributed by atoms with Crippen LogP contribution in [0.2, 0.25) is 0 Å². The summed E-state index contributed by atoms with van der Waals surface area (Å²) in [5.41, 5.74) is 13.6. The van der Waals surface area contributed by atoms with Crippen LogP contribution in [0.15, 0.2) is 182 Å². The molecule has 0 N–H and O–H groups in total. The summed E-state index contributed by atoms with van der Waals surface area (Å²) in [6.07, 6.45) is 0. The predicted octanol–water partition coefficient (Wildman–Crippen LogP) is 13.5. The van der Waals surface area contributed by atoms with Gasteiger partial charge in [-0.2, -0.15) is 0 Å². The van der Waals surface area contributed by atoms with Crippen molar-refractivity contribution >= 4 is 43.6 Å². The maximum Gasteiger partial charge on any atom is 0.0629 e. The van der Waals surface area contributed by atoms with Crippen LogP contribution in [0.4, 0.5) is 0 Å². The molecule has 0 atom stereocenters. The first-order valence-corrected chi connectivity index (χ1v) is 18.1. The van der Waals surface area contributed by atoms with Gasteiger partial charge in [0.25, 0.3) is 0 Å². The van der Waals surface area contributed by atoms with Crippen LogP contribution in [0.1, 0.15) is 31.8 Å². The van der Waals surface area contributed by atoms with Crippen LogP contribution in [0, 0.1) is 0 Å². The Morgan fingerprint density at radius 3 is 1.66 bits per heavy atom. The fraction of sp³-hybridized carbons (Fsp3) is 0.0588. The first kappa shape index (κ1) is 25.3. The average Bonchev–Trinajstić information content (AvgIpc) is 3.85. The van der Waals surface area contributed by atoms with E-state index < -0.39 is 0 Å². The van der Waals surface area contributed by atoms with Crippen molar-refractivity contribution in [1.29, 1.82) is 0 Å². The number of nitrogens with zero attached hydrogens (tertiary/aromatic N) is 2. The Morgan fingerprint density at radius 1 is 0.415 bits per heavy atom. The highest BCUT2D eigenvalue weighted by molar-refractivity contribution is 6.13. The molecule has 0 aliphatic heterocycles. The van der Waals surface area contributed by atoms with Crippen LogP contribution >= 0.6 is 0 Å². The van der Waals surface area contributed by atoms with E-state index in [4.69, 9.17) is 6.85 Å². The molecular weight excluding hydrogens is 641 g/mol. The van der Waals surface area contributed by atoms with E-state index in [-0.39, 0.29) is 41.2 Å². The zero-order chi connectivity index (χ0) is 39.6. The van der Waals surface area contributed by atoms with Crippen molar-refractivity contribution in [2.45, 2.75) is 19.3 Å². The fourth-order valence-electron chi connectivity index (χ4n) is 8.96. The van der Waals surface area contributed by atoms with E-state index in [0.29, 0.717) is 5.56 Å². The largest absolute Gasteiger partial charge is 0.309 e. The summed E-state index contributed by atoms with van der Waals surface area (Å²) in [6, 6.07) is 52.3. The quantitative estimate of drug-likeness (QED) is 0.175. The summed E-state index contributed by atoms with van der Waals surface area (Å²) in [7, 11) is 0. The fourth-order valence-corrected chi connectivity index (χ4v) is 8.96. The molecule has 0 saturated heterocycles. The van der Waals surface area contributed by atoms with Gasteiger partial charge >= 0.3 is 0 Å². The number of hydrogen-bond donors (Lipinski definition) is 0. The minimum atomic E-state index is -0.389. The Balaban J connectivity index is 1.09. The molecule has 1 aliphatic carbocycles. The normalized spacial score (nSPS) is 14.6. The highest BCUT2D eigenvalue weighted by Gasteiger charge is 2.37. The molecule has 0 amide bonds. The van der Waals surface area contributed by atoms with Crippen molar-refractivity contribution in [3.05, 3.63) is 193 Å². The van der Waals surface area contributed by atoms with E-state index in [2.05, 4.69) is 163 Å². The van der Waals surface area contributed by atoms with Gasteiger partial charge in [-0.1, -0.05) is 135 Å². The lowest BCUT2D eigenvalue weighted by molar-refractivity contribution is 0.660.